The molecule has 0 radical (unpaired) electrons. The number of hydrogen-bond acceptors (Lipinski definition) is 4. The largest absolute Gasteiger partial charge is 0.455 e. The highest BCUT2D eigenvalue weighted by atomic mass is 28.3. The summed E-state index contributed by atoms with van der Waals surface area (Å²) in [5, 5.41) is 15.3. The smallest absolute Gasteiger partial charge is 0.145 e. The molecule has 2 aliphatic rings. The van der Waals surface area contributed by atoms with Crippen molar-refractivity contribution in [1.82, 2.24) is 0 Å². The number of nitrogens with zero attached hydrogens (tertiary/aromatic N) is 2. The quantitative estimate of drug-likeness (QED) is 0.142. The fourth-order valence-corrected chi connectivity index (χ4v) is 22.0. The number of anilines is 6. The van der Waals surface area contributed by atoms with Gasteiger partial charge in [-0.05, 0) is 170 Å². The summed E-state index contributed by atoms with van der Waals surface area (Å²) in [5.41, 5.74) is 23.1. The lowest BCUT2D eigenvalue weighted by atomic mass is 9.82. The Kier molecular flexibility index (Phi) is 12.3. The predicted octanol–water partition coefficient (Wildman–Crippen LogP) is 22.3. The second-order valence-corrected chi connectivity index (χ2v) is 37.4. The highest BCUT2D eigenvalue weighted by Gasteiger charge is 2.47. The van der Waals surface area contributed by atoms with Gasteiger partial charge in [0, 0.05) is 44.6 Å². The van der Waals surface area contributed by atoms with Gasteiger partial charge < -0.3 is 18.6 Å². The Morgan fingerprint density at radius 3 is 0.989 bits per heavy atom. The zero-order valence-corrected chi connectivity index (χ0v) is 56.0. The second kappa shape index (κ2) is 20.3. The molecular weight excluding hydrogens is 1150 g/mol. The Hall–Kier alpha value is -9.99. The normalized spacial score (nSPS) is 13.9. The minimum absolute atomic E-state index is 0.0196. The molecule has 2 aliphatic heterocycles. The number of furan rings is 2. The number of hydrogen-bond donors (Lipinski definition) is 0. The van der Waals surface area contributed by atoms with Gasteiger partial charge >= 0.3 is 0 Å². The molecule has 4 heterocycles. The van der Waals surface area contributed by atoms with Gasteiger partial charge in [-0.2, -0.15) is 0 Å². The molecule has 0 spiro atoms. The first-order valence-electron chi connectivity index (χ1n) is 32.6. The molecule has 92 heavy (non-hydrogen) atoms. The zero-order valence-electron chi connectivity index (χ0n) is 54.0. The van der Waals surface area contributed by atoms with Crippen molar-refractivity contribution in [2.75, 3.05) is 9.80 Å². The SMILES string of the molecule is CC(C)(C)c1ccc(-c2ccc(N(c3ccccc3)c3cc4c(c5oc6ccccc6c35)-c3cc5c(cc3[Si]4(C)C)-c3c(cc(N(c4ccccc4)c4ccc(-c6ccc(C(C)(C)C)c7ccccc67)cc4)c4c3oc3ccccc34)[Si]5(C)C)cc2)c2ccccc12. The molecule has 13 aromatic carbocycles. The average Bonchev–Trinajstić information content (AvgIpc) is 1.52. The summed E-state index contributed by atoms with van der Waals surface area (Å²) in [6.45, 7) is 24.1. The number of benzene rings is 13. The summed E-state index contributed by atoms with van der Waals surface area (Å²) >= 11 is 0. The van der Waals surface area contributed by atoms with E-state index < -0.39 is 16.1 Å². The van der Waals surface area contributed by atoms with E-state index in [1.165, 1.54) is 97.9 Å². The van der Waals surface area contributed by atoms with Crippen molar-refractivity contribution >= 4 is 136 Å². The molecule has 0 atom stereocenters. The van der Waals surface area contributed by atoms with Gasteiger partial charge in [0.05, 0.1) is 22.1 Å². The van der Waals surface area contributed by atoms with Crippen LogP contribution >= 0.6 is 0 Å². The van der Waals surface area contributed by atoms with Crippen molar-refractivity contribution in [3.05, 3.63) is 266 Å². The maximum atomic E-state index is 7.36. The number of rotatable bonds is 8. The number of fused-ring (bicyclic) bond motifs is 16. The molecule has 0 N–H and O–H groups in total. The van der Waals surface area contributed by atoms with Gasteiger partial charge in [-0.3, -0.25) is 0 Å². The molecule has 0 amide bonds. The maximum absolute atomic E-state index is 7.36. The Balaban J connectivity index is 0.831. The Morgan fingerprint density at radius 1 is 0.293 bits per heavy atom. The Labute approximate surface area is 540 Å². The highest BCUT2D eigenvalue weighted by molar-refractivity contribution is 7.06. The third-order valence-corrected chi connectivity index (χ3v) is 27.5. The molecular formula is C86H72N2O2Si2. The summed E-state index contributed by atoms with van der Waals surface area (Å²) in [6, 6.07) is 95.1. The summed E-state index contributed by atoms with van der Waals surface area (Å²) in [5.74, 6) is 0. The van der Waals surface area contributed by atoms with E-state index in [0.717, 1.165) is 78.0 Å². The molecule has 0 saturated carbocycles. The average molecular weight is 1220 g/mol. The van der Waals surface area contributed by atoms with Crippen LogP contribution in [0.4, 0.5) is 34.1 Å². The minimum Gasteiger partial charge on any atom is -0.455 e. The summed E-state index contributed by atoms with van der Waals surface area (Å²) in [7, 11) is -5.03. The van der Waals surface area contributed by atoms with E-state index in [-0.39, 0.29) is 10.8 Å². The third kappa shape index (κ3) is 8.39. The lowest BCUT2D eigenvalue weighted by Gasteiger charge is -2.29. The first-order chi connectivity index (χ1) is 44.4. The van der Waals surface area contributed by atoms with E-state index in [1.54, 1.807) is 0 Å². The van der Waals surface area contributed by atoms with E-state index in [1.807, 2.05) is 0 Å². The van der Waals surface area contributed by atoms with Crippen LogP contribution in [0.25, 0.3) is 110 Å². The van der Waals surface area contributed by atoms with Crippen LogP contribution in [0.3, 0.4) is 0 Å². The van der Waals surface area contributed by atoms with Gasteiger partial charge in [0.25, 0.3) is 0 Å². The van der Waals surface area contributed by atoms with Gasteiger partial charge in [-0.25, -0.2) is 0 Å². The van der Waals surface area contributed by atoms with E-state index >= 15 is 0 Å². The molecule has 0 aliphatic carbocycles. The lowest BCUT2D eigenvalue weighted by Crippen LogP contribution is -2.51. The Morgan fingerprint density at radius 2 is 0.620 bits per heavy atom. The second-order valence-electron chi connectivity index (χ2n) is 28.8. The van der Waals surface area contributed by atoms with Crippen molar-refractivity contribution in [2.24, 2.45) is 0 Å². The molecule has 4 nitrogen and oxygen atoms in total. The van der Waals surface area contributed by atoms with Gasteiger partial charge in [-0.1, -0.05) is 250 Å². The lowest BCUT2D eigenvalue weighted by molar-refractivity contribution is 0.595. The standard InChI is InChI=1S/C86H72N2O2Si2/c1-85(2,3)69-47-45-59(61-29-17-19-31-63(61)69)53-37-41-57(42-38-53)87(55-25-13-11-14-26-55)71-51-77-81(83-79(71)65-33-21-23-35-73(65)89-83)67-49-76-68(50-75(67)91(77,7)8)82-78(92(76,9)10)52-72(80-66-34-22-24-36-74(66)90-84(80)82)88(56-27-15-12-16-28-56)58-43-39-54(40-44-58)60-46-48-70(86(4,5)6)64-32-20-18-30-62(60)64/h11-52H,1-10H3. The molecule has 446 valence electrons. The van der Waals surface area contributed by atoms with Crippen LogP contribution in [0.2, 0.25) is 26.2 Å². The van der Waals surface area contributed by atoms with Crippen LogP contribution in [0, 0.1) is 0 Å². The third-order valence-electron chi connectivity index (χ3n) is 20.5. The molecule has 15 aromatic rings. The van der Waals surface area contributed by atoms with Crippen LogP contribution in [0.5, 0.6) is 0 Å². The van der Waals surface area contributed by atoms with Gasteiger partial charge in [-0.15, -0.1) is 0 Å². The monoisotopic (exact) mass is 1220 g/mol. The van der Waals surface area contributed by atoms with Gasteiger partial charge in [0.1, 0.15) is 38.5 Å². The molecule has 0 fully saturated rings. The van der Waals surface area contributed by atoms with Crippen LogP contribution in [-0.2, 0) is 10.8 Å². The van der Waals surface area contributed by atoms with Crippen LogP contribution in [0.15, 0.2) is 264 Å². The van der Waals surface area contributed by atoms with Crippen molar-refractivity contribution in [1.29, 1.82) is 0 Å². The Bertz CT molecular complexity index is 5180. The van der Waals surface area contributed by atoms with E-state index in [2.05, 4.69) is 332 Å². The topological polar surface area (TPSA) is 32.8 Å². The fourth-order valence-electron chi connectivity index (χ4n) is 16.0. The molecule has 6 heteroatoms. The molecule has 0 unspecified atom stereocenters. The molecule has 0 saturated heterocycles. The van der Waals surface area contributed by atoms with Crippen LogP contribution in [-0.4, -0.2) is 16.1 Å². The van der Waals surface area contributed by atoms with Crippen LogP contribution < -0.4 is 30.5 Å². The molecule has 0 bridgehead atoms. The summed E-state index contributed by atoms with van der Waals surface area (Å²) < 4.78 is 14.7. The number of para-hydroxylation sites is 4. The zero-order chi connectivity index (χ0) is 62.7. The van der Waals surface area contributed by atoms with E-state index in [0.29, 0.717) is 0 Å². The first kappa shape index (κ1) is 56.0. The van der Waals surface area contributed by atoms with E-state index in [9.17, 15) is 0 Å². The van der Waals surface area contributed by atoms with Gasteiger partial charge in [0.2, 0.25) is 0 Å². The fraction of sp³-hybridized carbons (Fsp3) is 0.140. The maximum Gasteiger partial charge on any atom is 0.145 e. The predicted molar refractivity (Wildman–Crippen MR) is 398 cm³/mol. The summed E-state index contributed by atoms with van der Waals surface area (Å²) in [4.78, 5) is 4.95. The molecule has 2 aromatic heterocycles. The minimum atomic E-state index is -2.52. The van der Waals surface area contributed by atoms with Crippen molar-refractivity contribution in [3.63, 3.8) is 0 Å². The van der Waals surface area contributed by atoms with Crippen molar-refractivity contribution in [3.8, 4) is 44.5 Å². The first-order valence-corrected chi connectivity index (χ1v) is 38.6. The molecule has 17 rings (SSSR count). The van der Waals surface area contributed by atoms with Crippen LogP contribution in [0.1, 0.15) is 52.7 Å². The highest BCUT2D eigenvalue weighted by Crippen LogP contribution is 2.52. The van der Waals surface area contributed by atoms with Gasteiger partial charge in [0.15, 0.2) is 0 Å². The van der Waals surface area contributed by atoms with E-state index in [4.69, 9.17) is 8.83 Å². The van der Waals surface area contributed by atoms with Crippen molar-refractivity contribution in [2.45, 2.75) is 78.6 Å². The van der Waals surface area contributed by atoms with Crippen molar-refractivity contribution < 1.29 is 8.83 Å². The summed E-state index contributed by atoms with van der Waals surface area (Å²) in [6.07, 6.45) is 0.